The largest absolute Gasteiger partial charge is 0.282 e. The Balaban J connectivity index is 2.83. The standard InChI is InChI=1S/C6H8OS2/c1-4(8)5-2-3-9-6(5)7/h8H,2-3H2,1H3/b5-4-. The Kier molecular flexibility index (Phi) is 2.24. The third-order valence-electron chi connectivity index (χ3n) is 1.27. The summed E-state index contributed by atoms with van der Waals surface area (Å²) in [7, 11) is 0. The Bertz CT molecular complexity index is 168. The van der Waals surface area contributed by atoms with Gasteiger partial charge in [-0.05, 0) is 18.2 Å². The second-order valence-corrected chi connectivity index (χ2v) is 3.69. The fourth-order valence-electron chi connectivity index (χ4n) is 0.764. The lowest BCUT2D eigenvalue weighted by Crippen LogP contribution is -1.88. The topological polar surface area (TPSA) is 17.1 Å². The number of carbonyl (C=O) groups excluding carboxylic acids is 1. The van der Waals surface area contributed by atoms with Crippen molar-refractivity contribution in [2.75, 3.05) is 5.75 Å². The molecule has 1 aliphatic rings. The van der Waals surface area contributed by atoms with Crippen molar-refractivity contribution in [3.63, 3.8) is 0 Å². The third-order valence-corrected chi connectivity index (χ3v) is 2.46. The van der Waals surface area contributed by atoms with E-state index in [1.165, 1.54) is 11.8 Å². The van der Waals surface area contributed by atoms with Gasteiger partial charge in [0.1, 0.15) is 0 Å². The van der Waals surface area contributed by atoms with Gasteiger partial charge in [0.2, 0.25) is 5.12 Å². The zero-order valence-electron chi connectivity index (χ0n) is 5.18. The van der Waals surface area contributed by atoms with Gasteiger partial charge >= 0.3 is 0 Å². The molecule has 0 aromatic rings. The molecule has 3 heteroatoms. The summed E-state index contributed by atoms with van der Waals surface area (Å²) in [5.41, 5.74) is 0.906. The van der Waals surface area contributed by atoms with Crippen LogP contribution < -0.4 is 0 Å². The number of hydrogen-bond donors (Lipinski definition) is 1. The van der Waals surface area contributed by atoms with Crippen molar-refractivity contribution in [2.45, 2.75) is 13.3 Å². The van der Waals surface area contributed by atoms with Gasteiger partial charge in [-0.2, -0.15) is 0 Å². The Morgan fingerprint density at radius 3 is 2.67 bits per heavy atom. The van der Waals surface area contributed by atoms with E-state index in [1.807, 2.05) is 6.92 Å². The van der Waals surface area contributed by atoms with Crippen molar-refractivity contribution < 1.29 is 4.79 Å². The number of hydrogen-bond acceptors (Lipinski definition) is 3. The fourth-order valence-corrected chi connectivity index (χ4v) is 1.97. The lowest BCUT2D eigenvalue weighted by Gasteiger charge is -1.92. The predicted molar refractivity (Wildman–Crippen MR) is 43.8 cm³/mol. The third kappa shape index (κ3) is 1.52. The summed E-state index contributed by atoms with van der Waals surface area (Å²) in [6.07, 6.45) is 0.902. The van der Waals surface area contributed by atoms with Crippen LogP contribution in [0.25, 0.3) is 0 Å². The van der Waals surface area contributed by atoms with E-state index in [1.54, 1.807) is 0 Å². The molecule has 9 heavy (non-hydrogen) atoms. The highest BCUT2D eigenvalue weighted by molar-refractivity contribution is 8.14. The van der Waals surface area contributed by atoms with Crippen molar-refractivity contribution >= 4 is 29.5 Å². The zero-order chi connectivity index (χ0) is 6.85. The van der Waals surface area contributed by atoms with E-state index in [0.717, 1.165) is 22.7 Å². The first-order chi connectivity index (χ1) is 4.22. The minimum atomic E-state index is 0.211. The Hall–Kier alpha value is 0.110. The first-order valence-corrected chi connectivity index (χ1v) is 4.21. The van der Waals surface area contributed by atoms with E-state index < -0.39 is 0 Å². The molecular formula is C6H8OS2. The van der Waals surface area contributed by atoms with Gasteiger partial charge in [-0.1, -0.05) is 11.8 Å². The summed E-state index contributed by atoms with van der Waals surface area (Å²) in [6, 6.07) is 0. The summed E-state index contributed by atoms with van der Waals surface area (Å²) < 4.78 is 0. The molecule has 0 unspecified atom stereocenters. The van der Waals surface area contributed by atoms with E-state index in [0.29, 0.717) is 0 Å². The molecule has 50 valence electrons. The van der Waals surface area contributed by atoms with Crippen LogP contribution in [-0.4, -0.2) is 10.9 Å². The van der Waals surface area contributed by atoms with Crippen molar-refractivity contribution in [3.8, 4) is 0 Å². The van der Waals surface area contributed by atoms with Gasteiger partial charge in [-0.25, -0.2) is 0 Å². The molecule has 0 bridgehead atoms. The molecule has 0 amide bonds. The number of rotatable bonds is 0. The molecule has 1 fully saturated rings. The minimum absolute atomic E-state index is 0.211. The molecule has 0 aromatic carbocycles. The molecule has 0 aliphatic carbocycles. The quantitative estimate of drug-likeness (QED) is 0.430. The highest BCUT2D eigenvalue weighted by Gasteiger charge is 2.18. The molecular weight excluding hydrogens is 152 g/mol. The van der Waals surface area contributed by atoms with Crippen LogP contribution in [0.2, 0.25) is 0 Å². The molecule has 0 radical (unpaired) electrons. The normalized spacial score (nSPS) is 24.9. The number of thiol groups is 1. The summed E-state index contributed by atoms with van der Waals surface area (Å²) in [5.74, 6) is 0.937. The van der Waals surface area contributed by atoms with Crippen LogP contribution in [0.5, 0.6) is 0 Å². The summed E-state index contributed by atoms with van der Waals surface area (Å²) in [4.78, 5) is 11.8. The smallest absolute Gasteiger partial charge is 0.216 e. The van der Waals surface area contributed by atoms with Crippen LogP contribution in [0, 0.1) is 0 Å². The van der Waals surface area contributed by atoms with E-state index in [2.05, 4.69) is 12.6 Å². The van der Waals surface area contributed by atoms with Crippen molar-refractivity contribution in [2.24, 2.45) is 0 Å². The highest BCUT2D eigenvalue weighted by atomic mass is 32.2. The van der Waals surface area contributed by atoms with E-state index >= 15 is 0 Å². The molecule has 1 heterocycles. The maximum atomic E-state index is 10.9. The van der Waals surface area contributed by atoms with Gasteiger partial charge in [-0.3, -0.25) is 4.79 Å². The average Bonchev–Trinajstić information content (AvgIpc) is 2.13. The number of allylic oxidation sites excluding steroid dienone is 1. The maximum absolute atomic E-state index is 10.9. The minimum Gasteiger partial charge on any atom is -0.282 e. The lowest BCUT2D eigenvalue weighted by molar-refractivity contribution is -0.107. The molecule has 0 aromatic heterocycles. The molecule has 1 rings (SSSR count). The molecule has 0 spiro atoms. The Labute approximate surface area is 64.3 Å². The molecule has 0 atom stereocenters. The number of carbonyl (C=O) groups is 1. The molecule has 1 aliphatic heterocycles. The lowest BCUT2D eigenvalue weighted by atomic mass is 10.2. The summed E-state index contributed by atoms with van der Waals surface area (Å²) >= 11 is 5.49. The number of thioether (sulfide) groups is 1. The van der Waals surface area contributed by atoms with Gasteiger partial charge in [-0.15, -0.1) is 12.6 Å². The van der Waals surface area contributed by atoms with Crippen LogP contribution in [0.1, 0.15) is 13.3 Å². The van der Waals surface area contributed by atoms with Crippen LogP contribution in [-0.2, 0) is 4.79 Å². The van der Waals surface area contributed by atoms with E-state index in [4.69, 9.17) is 0 Å². The highest BCUT2D eigenvalue weighted by Crippen LogP contribution is 2.28. The molecule has 0 N–H and O–H groups in total. The van der Waals surface area contributed by atoms with Gasteiger partial charge < -0.3 is 0 Å². The van der Waals surface area contributed by atoms with Gasteiger partial charge in [0, 0.05) is 11.3 Å². The van der Waals surface area contributed by atoms with Crippen LogP contribution in [0.15, 0.2) is 10.5 Å². The second kappa shape index (κ2) is 2.80. The van der Waals surface area contributed by atoms with Crippen LogP contribution >= 0.6 is 24.4 Å². The van der Waals surface area contributed by atoms with Crippen molar-refractivity contribution in [3.05, 3.63) is 10.5 Å². The van der Waals surface area contributed by atoms with Crippen molar-refractivity contribution in [1.29, 1.82) is 0 Å². The fraction of sp³-hybridized carbons (Fsp3) is 0.500. The Morgan fingerprint density at radius 2 is 2.44 bits per heavy atom. The monoisotopic (exact) mass is 160 g/mol. The zero-order valence-corrected chi connectivity index (χ0v) is 6.89. The maximum Gasteiger partial charge on any atom is 0.216 e. The molecule has 1 saturated heterocycles. The van der Waals surface area contributed by atoms with E-state index in [-0.39, 0.29) is 5.12 Å². The first-order valence-electron chi connectivity index (χ1n) is 2.77. The van der Waals surface area contributed by atoms with Gasteiger partial charge in [0.25, 0.3) is 0 Å². The average molecular weight is 160 g/mol. The first kappa shape index (κ1) is 7.22. The Morgan fingerprint density at radius 1 is 1.78 bits per heavy atom. The van der Waals surface area contributed by atoms with Crippen LogP contribution in [0.3, 0.4) is 0 Å². The molecule has 1 nitrogen and oxygen atoms in total. The van der Waals surface area contributed by atoms with Crippen LogP contribution in [0.4, 0.5) is 0 Å². The molecule has 0 saturated carbocycles. The summed E-state index contributed by atoms with van der Waals surface area (Å²) in [6.45, 7) is 1.86. The van der Waals surface area contributed by atoms with E-state index in [9.17, 15) is 4.79 Å². The second-order valence-electron chi connectivity index (χ2n) is 1.95. The summed E-state index contributed by atoms with van der Waals surface area (Å²) in [5, 5.41) is 0.211. The SMILES string of the molecule is C/C(S)=C1\CCSC1=O. The van der Waals surface area contributed by atoms with Gasteiger partial charge in [0.15, 0.2) is 0 Å². The van der Waals surface area contributed by atoms with Gasteiger partial charge in [0.05, 0.1) is 0 Å². The predicted octanol–water partition coefficient (Wildman–Crippen LogP) is 1.85. The van der Waals surface area contributed by atoms with Crippen molar-refractivity contribution in [1.82, 2.24) is 0 Å².